The summed E-state index contributed by atoms with van der Waals surface area (Å²) in [5.41, 5.74) is 0. The van der Waals surface area contributed by atoms with Crippen LogP contribution in [0.3, 0.4) is 0 Å². The normalized spacial score (nSPS) is 17.0. The van der Waals surface area contributed by atoms with E-state index in [4.69, 9.17) is 4.74 Å². The van der Waals surface area contributed by atoms with E-state index < -0.39 is 0 Å². The van der Waals surface area contributed by atoms with Gasteiger partial charge in [-0.2, -0.15) is 0 Å². The minimum Gasteiger partial charge on any atom is -0.367 e. The summed E-state index contributed by atoms with van der Waals surface area (Å²) in [6.45, 7) is 7.19. The van der Waals surface area contributed by atoms with Crippen LogP contribution >= 0.6 is 0 Å². The molecule has 0 spiro atoms. The third-order valence-electron chi connectivity index (χ3n) is 2.29. The predicted molar refractivity (Wildman–Crippen MR) is 62.2 cm³/mol. The van der Waals surface area contributed by atoms with Crippen molar-refractivity contribution >= 4 is 0 Å². The lowest BCUT2D eigenvalue weighted by molar-refractivity contribution is 0.00312. The van der Waals surface area contributed by atoms with Gasteiger partial charge in [-0.3, -0.25) is 4.90 Å². The smallest absolute Gasteiger partial charge is 0.107 e. The SMILES string of the molecule is C/C=C\[C@@H](C)/C=C\CN(C)C(C)OC. The van der Waals surface area contributed by atoms with Gasteiger partial charge in [-0.25, -0.2) is 0 Å². The standard InChI is InChI=1S/C12H23NO/c1-6-8-11(2)9-7-10-13(4)12(3)14-5/h6-9,11-12H,10H2,1-5H3/b8-6-,9-7-/t11-,12?/m1/s1. The Kier molecular flexibility index (Phi) is 7.44. The van der Waals surface area contributed by atoms with Crippen LogP contribution in [-0.2, 0) is 4.74 Å². The number of hydrogen-bond donors (Lipinski definition) is 0. The van der Waals surface area contributed by atoms with Crippen molar-refractivity contribution in [3.8, 4) is 0 Å². The number of rotatable bonds is 6. The predicted octanol–water partition coefficient (Wildman–Crippen LogP) is 2.68. The van der Waals surface area contributed by atoms with Crippen molar-refractivity contribution in [2.24, 2.45) is 5.92 Å². The largest absolute Gasteiger partial charge is 0.367 e. The van der Waals surface area contributed by atoms with E-state index in [0.29, 0.717) is 5.92 Å². The van der Waals surface area contributed by atoms with E-state index in [1.54, 1.807) is 7.11 Å². The van der Waals surface area contributed by atoms with Crippen LogP contribution in [0, 0.1) is 5.92 Å². The molecule has 0 aliphatic heterocycles. The zero-order chi connectivity index (χ0) is 11.0. The Labute approximate surface area is 88.2 Å². The molecule has 2 atom stereocenters. The summed E-state index contributed by atoms with van der Waals surface area (Å²) >= 11 is 0. The van der Waals surface area contributed by atoms with Crippen LogP contribution in [0.1, 0.15) is 20.8 Å². The molecule has 0 N–H and O–H groups in total. The van der Waals surface area contributed by atoms with Gasteiger partial charge in [0.15, 0.2) is 0 Å². The Bertz CT molecular complexity index is 187. The molecule has 0 aliphatic carbocycles. The van der Waals surface area contributed by atoms with Crippen molar-refractivity contribution in [3.63, 3.8) is 0 Å². The van der Waals surface area contributed by atoms with Crippen molar-refractivity contribution < 1.29 is 4.74 Å². The van der Waals surface area contributed by atoms with Gasteiger partial charge in [-0.1, -0.05) is 31.2 Å². The first-order valence-electron chi connectivity index (χ1n) is 5.14. The first-order chi connectivity index (χ1) is 6.61. The molecule has 0 aliphatic rings. The van der Waals surface area contributed by atoms with E-state index in [1.807, 2.05) is 13.8 Å². The molecule has 0 aromatic carbocycles. The fourth-order valence-electron chi connectivity index (χ4n) is 1.14. The monoisotopic (exact) mass is 197 g/mol. The lowest BCUT2D eigenvalue weighted by Gasteiger charge is -2.21. The maximum atomic E-state index is 5.20. The van der Waals surface area contributed by atoms with Crippen molar-refractivity contribution in [1.82, 2.24) is 4.90 Å². The minimum atomic E-state index is 0.177. The van der Waals surface area contributed by atoms with Gasteiger partial charge < -0.3 is 4.74 Å². The van der Waals surface area contributed by atoms with Crippen molar-refractivity contribution in [1.29, 1.82) is 0 Å². The number of ether oxygens (including phenoxy) is 1. The quantitative estimate of drug-likeness (QED) is 0.479. The molecule has 0 heterocycles. The highest BCUT2D eigenvalue weighted by molar-refractivity contribution is 4.98. The fourth-order valence-corrected chi connectivity index (χ4v) is 1.14. The van der Waals surface area contributed by atoms with Crippen molar-refractivity contribution in [2.45, 2.75) is 27.0 Å². The van der Waals surface area contributed by atoms with E-state index in [9.17, 15) is 0 Å². The van der Waals surface area contributed by atoms with Crippen LogP contribution < -0.4 is 0 Å². The van der Waals surface area contributed by atoms with Crippen LogP contribution in [0.25, 0.3) is 0 Å². The first kappa shape index (κ1) is 13.4. The van der Waals surface area contributed by atoms with E-state index in [1.165, 1.54) is 0 Å². The average molecular weight is 197 g/mol. The molecule has 0 fully saturated rings. The number of allylic oxidation sites excluding steroid dienone is 3. The van der Waals surface area contributed by atoms with Crippen LogP contribution in [0.2, 0.25) is 0 Å². The van der Waals surface area contributed by atoms with Gasteiger partial charge in [0.05, 0.1) is 0 Å². The average Bonchev–Trinajstić information content (AvgIpc) is 2.16. The van der Waals surface area contributed by atoms with E-state index in [-0.39, 0.29) is 6.23 Å². The van der Waals surface area contributed by atoms with Crippen LogP contribution in [0.4, 0.5) is 0 Å². The van der Waals surface area contributed by atoms with Gasteiger partial charge in [0.2, 0.25) is 0 Å². The molecule has 0 saturated heterocycles. The lowest BCUT2D eigenvalue weighted by Crippen LogP contribution is -2.30. The molecule has 0 saturated carbocycles. The molecule has 0 amide bonds. The van der Waals surface area contributed by atoms with Crippen LogP contribution in [0.5, 0.6) is 0 Å². The maximum absolute atomic E-state index is 5.20. The number of likely N-dealkylation sites (N-methyl/N-ethyl adjacent to an activating group) is 1. The van der Waals surface area contributed by atoms with Gasteiger partial charge in [0.1, 0.15) is 6.23 Å². The van der Waals surface area contributed by atoms with Gasteiger partial charge >= 0.3 is 0 Å². The fraction of sp³-hybridized carbons (Fsp3) is 0.667. The minimum absolute atomic E-state index is 0.177. The summed E-state index contributed by atoms with van der Waals surface area (Å²) in [6, 6.07) is 0. The third-order valence-corrected chi connectivity index (χ3v) is 2.29. The van der Waals surface area contributed by atoms with Crippen molar-refractivity contribution in [3.05, 3.63) is 24.3 Å². The Balaban J connectivity index is 3.80. The van der Waals surface area contributed by atoms with Gasteiger partial charge in [-0.05, 0) is 26.8 Å². The topological polar surface area (TPSA) is 12.5 Å². The molecular formula is C12H23NO. The summed E-state index contributed by atoms with van der Waals surface area (Å²) in [7, 11) is 3.78. The van der Waals surface area contributed by atoms with E-state index >= 15 is 0 Å². The molecule has 0 aromatic rings. The lowest BCUT2D eigenvalue weighted by atomic mass is 10.1. The summed E-state index contributed by atoms with van der Waals surface area (Å²) in [5.74, 6) is 0.520. The molecule has 0 bridgehead atoms. The Morgan fingerprint density at radius 3 is 2.43 bits per heavy atom. The highest BCUT2D eigenvalue weighted by atomic mass is 16.5. The molecular weight excluding hydrogens is 174 g/mol. The summed E-state index contributed by atoms with van der Waals surface area (Å²) in [5, 5.41) is 0. The number of nitrogens with zero attached hydrogens (tertiary/aromatic N) is 1. The highest BCUT2D eigenvalue weighted by Crippen LogP contribution is 2.00. The summed E-state index contributed by atoms with van der Waals surface area (Å²) < 4.78 is 5.20. The second-order valence-corrected chi connectivity index (χ2v) is 3.59. The number of methoxy groups -OCH3 is 1. The summed E-state index contributed by atoms with van der Waals surface area (Å²) in [6.07, 6.45) is 8.82. The van der Waals surface area contributed by atoms with Gasteiger partial charge in [-0.15, -0.1) is 0 Å². The molecule has 1 unspecified atom stereocenters. The molecule has 82 valence electrons. The van der Waals surface area contributed by atoms with Gasteiger partial charge in [0.25, 0.3) is 0 Å². The van der Waals surface area contributed by atoms with Crippen LogP contribution in [0.15, 0.2) is 24.3 Å². The second-order valence-electron chi connectivity index (χ2n) is 3.59. The molecule has 14 heavy (non-hydrogen) atoms. The zero-order valence-electron chi connectivity index (χ0n) is 10.0. The second kappa shape index (κ2) is 7.77. The molecule has 2 nitrogen and oxygen atoms in total. The molecule has 0 aromatic heterocycles. The van der Waals surface area contributed by atoms with Crippen LogP contribution in [-0.4, -0.2) is 31.8 Å². The zero-order valence-corrected chi connectivity index (χ0v) is 10.0. The van der Waals surface area contributed by atoms with E-state index in [0.717, 1.165) is 6.54 Å². The highest BCUT2D eigenvalue weighted by Gasteiger charge is 2.03. The van der Waals surface area contributed by atoms with E-state index in [2.05, 4.69) is 43.2 Å². The molecule has 0 rings (SSSR count). The maximum Gasteiger partial charge on any atom is 0.107 e. The molecule has 2 heteroatoms. The first-order valence-corrected chi connectivity index (χ1v) is 5.14. The number of hydrogen-bond acceptors (Lipinski definition) is 2. The Hall–Kier alpha value is -0.600. The third kappa shape index (κ3) is 5.95. The molecule has 0 radical (unpaired) electrons. The van der Waals surface area contributed by atoms with Crippen molar-refractivity contribution in [2.75, 3.05) is 20.7 Å². The van der Waals surface area contributed by atoms with Gasteiger partial charge in [0, 0.05) is 13.7 Å². The Morgan fingerprint density at radius 2 is 1.93 bits per heavy atom. The Morgan fingerprint density at radius 1 is 1.29 bits per heavy atom. The summed E-state index contributed by atoms with van der Waals surface area (Å²) in [4.78, 5) is 2.15.